The second-order valence-corrected chi connectivity index (χ2v) is 10.7. The van der Waals surface area contributed by atoms with Crippen molar-refractivity contribution in [2.75, 3.05) is 23.3 Å². The number of methoxy groups -OCH3 is 1. The SMILES string of the molecule is CCn1c(=O)sc2cc(NC(=O)CN(c3ccc(OC)c(Cl)c3)S(=O)(=O)c3ccccc3)ccc21. The lowest BCUT2D eigenvalue weighted by atomic mass is 10.3. The first-order valence-electron chi connectivity index (χ1n) is 10.6. The number of carbonyl (C=O) groups is 1. The van der Waals surface area contributed by atoms with Gasteiger partial charge >= 0.3 is 4.87 Å². The Balaban J connectivity index is 1.66. The average Bonchev–Trinajstić information content (AvgIpc) is 3.16. The van der Waals surface area contributed by atoms with Crippen LogP contribution in [0.25, 0.3) is 10.2 Å². The molecule has 35 heavy (non-hydrogen) atoms. The van der Waals surface area contributed by atoms with E-state index in [2.05, 4.69) is 5.32 Å². The van der Waals surface area contributed by atoms with E-state index < -0.39 is 22.5 Å². The normalized spacial score (nSPS) is 11.4. The van der Waals surface area contributed by atoms with Crippen molar-refractivity contribution >= 4 is 60.5 Å². The van der Waals surface area contributed by atoms with Crippen LogP contribution in [0.4, 0.5) is 11.4 Å². The van der Waals surface area contributed by atoms with Crippen LogP contribution >= 0.6 is 22.9 Å². The van der Waals surface area contributed by atoms with Gasteiger partial charge in [0.05, 0.1) is 32.9 Å². The van der Waals surface area contributed by atoms with Crippen LogP contribution < -0.4 is 19.2 Å². The molecule has 4 rings (SSSR count). The molecule has 11 heteroatoms. The first-order valence-corrected chi connectivity index (χ1v) is 13.2. The summed E-state index contributed by atoms with van der Waals surface area (Å²) in [5, 5.41) is 2.94. The Kier molecular flexibility index (Phi) is 7.15. The number of carbonyl (C=O) groups excluding carboxylic acids is 1. The van der Waals surface area contributed by atoms with Crippen LogP contribution in [0.3, 0.4) is 0 Å². The Morgan fingerprint density at radius 3 is 2.51 bits per heavy atom. The molecule has 0 fully saturated rings. The van der Waals surface area contributed by atoms with Crippen molar-refractivity contribution in [3.63, 3.8) is 0 Å². The van der Waals surface area contributed by atoms with Gasteiger partial charge in [-0.3, -0.25) is 18.5 Å². The lowest BCUT2D eigenvalue weighted by molar-refractivity contribution is -0.114. The van der Waals surface area contributed by atoms with Gasteiger partial charge in [-0.1, -0.05) is 41.1 Å². The molecule has 1 aromatic heterocycles. The molecule has 0 bridgehead atoms. The Morgan fingerprint density at radius 2 is 1.86 bits per heavy atom. The topological polar surface area (TPSA) is 97.7 Å². The highest BCUT2D eigenvalue weighted by Gasteiger charge is 2.28. The molecule has 0 aliphatic carbocycles. The van der Waals surface area contributed by atoms with E-state index in [0.717, 1.165) is 25.9 Å². The molecular weight excluding hydrogens is 510 g/mol. The fraction of sp³-hybridized carbons (Fsp3) is 0.167. The molecule has 0 aliphatic rings. The zero-order valence-electron chi connectivity index (χ0n) is 18.9. The summed E-state index contributed by atoms with van der Waals surface area (Å²) >= 11 is 7.33. The molecule has 8 nitrogen and oxygen atoms in total. The molecule has 0 saturated heterocycles. The summed E-state index contributed by atoms with van der Waals surface area (Å²) in [6, 6.07) is 17.5. The second kappa shape index (κ2) is 10.1. The molecule has 0 atom stereocenters. The van der Waals surface area contributed by atoms with E-state index in [9.17, 15) is 18.0 Å². The fourth-order valence-electron chi connectivity index (χ4n) is 3.62. The predicted octanol–water partition coefficient (Wildman–Crippen LogP) is 4.58. The number of aromatic nitrogens is 1. The summed E-state index contributed by atoms with van der Waals surface area (Å²) in [6.07, 6.45) is 0. The molecule has 3 aromatic carbocycles. The number of nitrogens with one attached hydrogen (secondary N) is 1. The summed E-state index contributed by atoms with van der Waals surface area (Å²) in [5.41, 5.74) is 1.45. The van der Waals surface area contributed by atoms with Crippen molar-refractivity contribution in [2.45, 2.75) is 18.4 Å². The predicted molar refractivity (Wildman–Crippen MR) is 139 cm³/mol. The minimum atomic E-state index is -4.09. The quantitative estimate of drug-likeness (QED) is 0.359. The number of amides is 1. The van der Waals surface area contributed by atoms with Gasteiger partial charge in [-0.2, -0.15) is 0 Å². The van der Waals surface area contributed by atoms with E-state index in [1.54, 1.807) is 41.0 Å². The summed E-state index contributed by atoms with van der Waals surface area (Å²) in [6.45, 7) is 1.93. The van der Waals surface area contributed by atoms with Gasteiger partial charge in [-0.05, 0) is 55.5 Å². The van der Waals surface area contributed by atoms with Gasteiger partial charge < -0.3 is 10.1 Å². The van der Waals surface area contributed by atoms with Gasteiger partial charge in [0.1, 0.15) is 12.3 Å². The minimum Gasteiger partial charge on any atom is -0.495 e. The molecule has 0 aliphatic heterocycles. The van der Waals surface area contributed by atoms with Gasteiger partial charge in [0.15, 0.2) is 0 Å². The van der Waals surface area contributed by atoms with Gasteiger partial charge in [0.25, 0.3) is 10.0 Å². The maximum absolute atomic E-state index is 13.5. The van der Waals surface area contributed by atoms with Crippen LogP contribution in [0.1, 0.15) is 6.92 Å². The van der Waals surface area contributed by atoms with E-state index in [1.807, 2.05) is 6.92 Å². The largest absolute Gasteiger partial charge is 0.495 e. The van der Waals surface area contributed by atoms with E-state index >= 15 is 0 Å². The van der Waals surface area contributed by atoms with Crippen molar-refractivity contribution in [3.05, 3.63) is 81.4 Å². The van der Waals surface area contributed by atoms with E-state index in [4.69, 9.17) is 16.3 Å². The average molecular weight is 532 g/mol. The number of hydrogen-bond donors (Lipinski definition) is 1. The second-order valence-electron chi connectivity index (χ2n) is 7.49. The van der Waals surface area contributed by atoms with Gasteiger partial charge in [0.2, 0.25) is 5.91 Å². The van der Waals surface area contributed by atoms with Crippen molar-refractivity contribution in [2.24, 2.45) is 0 Å². The third-order valence-electron chi connectivity index (χ3n) is 5.31. The van der Waals surface area contributed by atoms with Crippen LogP contribution in [0, 0.1) is 0 Å². The number of nitrogens with zero attached hydrogens (tertiary/aromatic N) is 2. The van der Waals surface area contributed by atoms with Crippen LogP contribution in [0.15, 0.2) is 76.4 Å². The van der Waals surface area contributed by atoms with E-state index in [1.165, 1.54) is 37.4 Å². The van der Waals surface area contributed by atoms with Gasteiger partial charge in [0, 0.05) is 12.2 Å². The standard InChI is InChI=1S/C24H22ClN3O5S2/c1-3-27-20-11-9-16(13-22(20)34-24(27)30)26-23(29)15-28(17-10-12-21(33-2)19(25)14-17)35(31,32)18-7-5-4-6-8-18/h4-14H,3,15H2,1-2H3,(H,26,29). The van der Waals surface area contributed by atoms with Crippen LogP contribution in [0.5, 0.6) is 5.75 Å². The van der Waals surface area contributed by atoms with Crippen LogP contribution in [-0.4, -0.2) is 32.5 Å². The van der Waals surface area contributed by atoms with Gasteiger partial charge in [-0.15, -0.1) is 0 Å². The van der Waals surface area contributed by atoms with Crippen molar-refractivity contribution in [1.29, 1.82) is 0 Å². The third kappa shape index (κ3) is 5.04. The highest BCUT2D eigenvalue weighted by Crippen LogP contribution is 2.32. The minimum absolute atomic E-state index is 0.0341. The maximum atomic E-state index is 13.5. The lowest BCUT2D eigenvalue weighted by Crippen LogP contribution is -2.38. The molecule has 0 spiro atoms. The van der Waals surface area contributed by atoms with E-state index in [0.29, 0.717) is 18.0 Å². The maximum Gasteiger partial charge on any atom is 0.308 e. The molecule has 1 amide bonds. The monoisotopic (exact) mass is 531 g/mol. The zero-order chi connectivity index (χ0) is 25.2. The van der Waals surface area contributed by atoms with Crippen molar-refractivity contribution < 1.29 is 17.9 Å². The van der Waals surface area contributed by atoms with Crippen molar-refractivity contribution in [1.82, 2.24) is 4.57 Å². The zero-order valence-corrected chi connectivity index (χ0v) is 21.3. The summed E-state index contributed by atoms with van der Waals surface area (Å²) in [5.74, 6) is -0.179. The number of aryl methyl sites for hydroxylation is 1. The Labute approximate surface area is 211 Å². The first-order chi connectivity index (χ1) is 16.7. The Morgan fingerprint density at radius 1 is 1.11 bits per heavy atom. The van der Waals surface area contributed by atoms with Gasteiger partial charge in [-0.25, -0.2) is 8.42 Å². The van der Waals surface area contributed by atoms with Crippen molar-refractivity contribution in [3.8, 4) is 5.75 Å². The molecule has 1 N–H and O–H groups in total. The summed E-state index contributed by atoms with van der Waals surface area (Å²) in [4.78, 5) is 25.1. The Bertz CT molecular complexity index is 1550. The molecular formula is C24H22ClN3O5S2. The molecule has 0 radical (unpaired) electrons. The number of rotatable bonds is 8. The smallest absolute Gasteiger partial charge is 0.308 e. The highest BCUT2D eigenvalue weighted by molar-refractivity contribution is 7.92. The molecule has 1 heterocycles. The molecule has 182 valence electrons. The van der Waals surface area contributed by atoms with E-state index in [-0.39, 0.29) is 20.5 Å². The highest BCUT2D eigenvalue weighted by atomic mass is 35.5. The number of benzene rings is 3. The number of hydrogen-bond acceptors (Lipinski definition) is 6. The molecule has 4 aromatic rings. The Hall–Kier alpha value is -3.34. The molecule has 0 unspecified atom stereocenters. The number of thiazole rings is 1. The lowest BCUT2D eigenvalue weighted by Gasteiger charge is -2.24. The number of sulfonamides is 1. The first kappa shape index (κ1) is 24.8. The van der Waals surface area contributed by atoms with Crippen LogP contribution in [0.2, 0.25) is 5.02 Å². The number of fused-ring (bicyclic) bond motifs is 1. The number of halogens is 1. The summed E-state index contributed by atoms with van der Waals surface area (Å²) in [7, 11) is -2.63. The number of ether oxygens (including phenoxy) is 1. The summed E-state index contributed by atoms with van der Waals surface area (Å²) < 4.78 is 35.5. The molecule has 0 saturated carbocycles. The van der Waals surface area contributed by atoms with Crippen LogP contribution in [-0.2, 0) is 21.4 Å². The third-order valence-corrected chi connectivity index (χ3v) is 8.34. The fourth-order valence-corrected chi connectivity index (χ4v) is 6.30. The number of anilines is 2.